The van der Waals surface area contributed by atoms with Crippen LogP contribution in [0.5, 0.6) is 0 Å². The van der Waals surface area contributed by atoms with Gasteiger partial charge in [0, 0.05) is 6.61 Å². The maximum absolute atomic E-state index is 6.21. The Balaban J connectivity index is 1.87. The fourth-order valence-corrected chi connectivity index (χ4v) is 3.02. The Morgan fingerprint density at radius 2 is 1.82 bits per heavy atom. The van der Waals surface area contributed by atoms with E-state index in [2.05, 4.69) is 4.98 Å². The van der Waals surface area contributed by atoms with E-state index < -0.39 is 7.12 Å². The third-order valence-corrected chi connectivity index (χ3v) is 5.06. The normalized spacial score (nSPS) is 27.1. The average Bonchev–Trinajstić information content (AvgIpc) is 2.68. The highest BCUT2D eigenvalue weighted by Crippen LogP contribution is 2.37. The van der Waals surface area contributed by atoms with Crippen LogP contribution in [0.1, 0.15) is 58.8 Å². The molecule has 3 rings (SSSR count). The van der Waals surface area contributed by atoms with Gasteiger partial charge in [0.15, 0.2) is 0 Å². The molecule has 0 aromatic carbocycles. The summed E-state index contributed by atoms with van der Waals surface area (Å²) in [5.41, 5.74) is 1.05. The van der Waals surface area contributed by atoms with Gasteiger partial charge in [0.1, 0.15) is 5.15 Å². The van der Waals surface area contributed by atoms with Crippen molar-refractivity contribution < 1.29 is 14.0 Å². The van der Waals surface area contributed by atoms with Crippen LogP contribution >= 0.6 is 11.6 Å². The summed E-state index contributed by atoms with van der Waals surface area (Å²) in [6, 6.07) is 3.82. The van der Waals surface area contributed by atoms with Crippen LogP contribution in [0.4, 0.5) is 0 Å². The van der Waals surface area contributed by atoms with Gasteiger partial charge in [0.25, 0.3) is 0 Å². The van der Waals surface area contributed by atoms with E-state index in [-0.39, 0.29) is 17.3 Å². The van der Waals surface area contributed by atoms with Crippen LogP contribution in [0.25, 0.3) is 0 Å². The van der Waals surface area contributed by atoms with E-state index in [9.17, 15) is 0 Å². The molecule has 0 bridgehead atoms. The van der Waals surface area contributed by atoms with Crippen molar-refractivity contribution in [2.45, 2.75) is 64.3 Å². The quantitative estimate of drug-likeness (QED) is 0.618. The molecule has 1 aromatic heterocycles. The SMILES string of the molecule is CC1(C)OB(c2cc(Cl)nc(C3CCCCO3)c2)OC1(C)C. The largest absolute Gasteiger partial charge is 0.495 e. The zero-order valence-electron chi connectivity index (χ0n) is 13.7. The van der Waals surface area contributed by atoms with E-state index in [4.69, 9.17) is 25.6 Å². The molecule has 0 aliphatic carbocycles. The van der Waals surface area contributed by atoms with Crippen molar-refractivity contribution in [1.29, 1.82) is 0 Å². The molecule has 2 saturated heterocycles. The molecule has 6 heteroatoms. The first-order valence-electron chi connectivity index (χ1n) is 7.93. The zero-order chi connectivity index (χ0) is 16.0. The predicted molar refractivity (Wildman–Crippen MR) is 87.5 cm³/mol. The van der Waals surface area contributed by atoms with Crippen LogP contribution in [-0.4, -0.2) is 29.9 Å². The number of nitrogens with zero attached hydrogens (tertiary/aromatic N) is 1. The Morgan fingerprint density at radius 1 is 1.14 bits per heavy atom. The van der Waals surface area contributed by atoms with Crippen molar-refractivity contribution in [3.05, 3.63) is 23.0 Å². The second-order valence-electron chi connectivity index (χ2n) is 7.09. The zero-order valence-corrected chi connectivity index (χ0v) is 14.4. The lowest BCUT2D eigenvalue weighted by Crippen LogP contribution is -2.41. The molecular weight excluding hydrogens is 300 g/mol. The number of hydrogen-bond donors (Lipinski definition) is 0. The third-order valence-electron chi connectivity index (χ3n) is 4.87. The molecule has 1 atom stereocenters. The second-order valence-corrected chi connectivity index (χ2v) is 7.48. The summed E-state index contributed by atoms with van der Waals surface area (Å²) in [4.78, 5) is 4.43. The van der Waals surface area contributed by atoms with Gasteiger partial charge in [0.05, 0.1) is 23.0 Å². The van der Waals surface area contributed by atoms with E-state index in [1.807, 2.05) is 39.8 Å². The summed E-state index contributed by atoms with van der Waals surface area (Å²) in [6.07, 6.45) is 3.27. The van der Waals surface area contributed by atoms with Crippen LogP contribution in [0.2, 0.25) is 5.15 Å². The molecule has 22 heavy (non-hydrogen) atoms. The lowest BCUT2D eigenvalue weighted by Gasteiger charge is -2.32. The molecule has 120 valence electrons. The monoisotopic (exact) mass is 323 g/mol. The second kappa shape index (κ2) is 5.79. The summed E-state index contributed by atoms with van der Waals surface area (Å²) in [5, 5.41) is 0.455. The van der Waals surface area contributed by atoms with Gasteiger partial charge in [-0.3, -0.25) is 0 Å². The number of pyridine rings is 1. The van der Waals surface area contributed by atoms with E-state index in [0.29, 0.717) is 5.15 Å². The molecule has 2 fully saturated rings. The molecular formula is C16H23BClNO3. The Kier molecular flexibility index (Phi) is 4.27. The minimum atomic E-state index is -0.423. The molecule has 1 aromatic rings. The van der Waals surface area contributed by atoms with Crippen LogP contribution in [0, 0.1) is 0 Å². The number of aromatic nitrogens is 1. The van der Waals surface area contributed by atoms with E-state index >= 15 is 0 Å². The molecule has 0 spiro atoms. The maximum Gasteiger partial charge on any atom is 0.495 e. The first-order chi connectivity index (χ1) is 10.3. The predicted octanol–water partition coefficient (Wildman–Crippen LogP) is 3.28. The van der Waals surface area contributed by atoms with Gasteiger partial charge >= 0.3 is 7.12 Å². The average molecular weight is 324 g/mol. The van der Waals surface area contributed by atoms with Gasteiger partial charge in [-0.1, -0.05) is 11.6 Å². The van der Waals surface area contributed by atoms with Crippen molar-refractivity contribution in [2.24, 2.45) is 0 Å². The Labute approximate surface area is 137 Å². The third kappa shape index (κ3) is 3.05. The molecule has 2 aliphatic rings. The summed E-state index contributed by atoms with van der Waals surface area (Å²) in [7, 11) is -0.423. The molecule has 4 nitrogen and oxygen atoms in total. The van der Waals surface area contributed by atoms with Crippen molar-refractivity contribution >= 4 is 24.2 Å². The number of rotatable bonds is 2. The van der Waals surface area contributed by atoms with Crippen LogP contribution in [0.3, 0.4) is 0 Å². The van der Waals surface area contributed by atoms with Gasteiger partial charge in [-0.05, 0) is 64.6 Å². The molecule has 0 saturated carbocycles. The van der Waals surface area contributed by atoms with Gasteiger partial charge in [-0.2, -0.15) is 0 Å². The fourth-order valence-electron chi connectivity index (χ4n) is 2.79. The van der Waals surface area contributed by atoms with E-state index in [0.717, 1.165) is 37.0 Å². The Hall–Kier alpha value is -0.615. The van der Waals surface area contributed by atoms with E-state index in [1.54, 1.807) is 0 Å². The molecule has 0 N–H and O–H groups in total. The van der Waals surface area contributed by atoms with Gasteiger partial charge in [-0.25, -0.2) is 4.98 Å². The highest BCUT2D eigenvalue weighted by molar-refractivity contribution is 6.62. The Morgan fingerprint density at radius 3 is 2.41 bits per heavy atom. The van der Waals surface area contributed by atoms with Crippen LogP contribution in [-0.2, 0) is 14.0 Å². The van der Waals surface area contributed by atoms with Crippen LogP contribution < -0.4 is 5.46 Å². The van der Waals surface area contributed by atoms with Crippen molar-refractivity contribution in [3.8, 4) is 0 Å². The summed E-state index contributed by atoms with van der Waals surface area (Å²) in [5.74, 6) is 0. The van der Waals surface area contributed by atoms with Crippen molar-refractivity contribution in [2.75, 3.05) is 6.61 Å². The van der Waals surface area contributed by atoms with Crippen molar-refractivity contribution in [3.63, 3.8) is 0 Å². The number of halogens is 1. The minimum Gasteiger partial charge on any atom is -0.399 e. The summed E-state index contributed by atoms with van der Waals surface area (Å²) >= 11 is 6.21. The highest BCUT2D eigenvalue weighted by Gasteiger charge is 2.51. The van der Waals surface area contributed by atoms with Gasteiger partial charge < -0.3 is 14.0 Å². The minimum absolute atomic E-state index is 0.0219. The highest BCUT2D eigenvalue weighted by atomic mass is 35.5. The lowest BCUT2D eigenvalue weighted by atomic mass is 9.79. The molecule has 2 aliphatic heterocycles. The van der Waals surface area contributed by atoms with E-state index in [1.165, 1.54) is 0 Å². The molecule has 1 unspecified atom stereocenters. The summed E-state index contributed by atoms with van der Waals surface area (Å²) in [6.45, 7) is 8.95. The summed E-state index contributed by atoms with van der Waals surface area (Å²) < 4.78 is 18.0. The lowest BCUT2D eigenvalue weighted by molar-refractivity contribution is 0.00578. The van der Waals surface area contributed by atoms with Gasteiger partial charge in [0.2, 0.25) is 0 Å². The molecule has 0 radical (unpaired) electrons. The first kappa shape index (κ1) is 16.3. The first-order valence-corrected chi connectivity index (χ1v) is 8.31. The van der Waals surface area contributed by atoms with Crippen LogP contribution in [0.15, 0.2) is 12.1 Å². The maximum atomic E-state index is 6.21. The van der Waals surface area contributed by atoms with Crippen molar-refractivity contribution in [1.82, 2.24) is 4.98 Å². The molecule has 3 heterocycles. The number of ether oxygens (including phenoxy) is 1. The topological polar surface area (TPSA) is 40.6 Å². The smallest absolute Gasteiger partial charge is 0.399 e. The molecule has 0 amide bonds. The standard InChI is InChI=1S/C16H23BClNO3/c1-15(2)16(3,4)22-17(21-15)11-9-12(19-14(18)10-11)13-7-5-6-8-20-13/h9-10,13H,5-8H2,1-4H3. The Bertz CT molecular complexity index is 542. The van der Waals surface area contributed by atoms with Gasteiger partial charge in [-0.15, -0.1) is 0 Å². The fraction of sp³-hybridized carbons (Fsp3) is 0.688. The number of hydrogen-bond acceptors (Lipinski definition) is 4.